The van der Waals surface area contributed by atoms with Crippen LogP contribution in [0.2, 0.25) is 0 Å². The summed E-state index contributed by atoms with van der Waals surface area (Å²) >= 11 is 1.52. The van der Waals surface area contributed by atoms with Gasteiger partial charge in [0.1, 0.15) is 0 Å². The maximum absolute atomic E-state index is 11.6. The van der Waals surface area contributed by atoms with Gasteiger partial charge in [0, 0.05) is 18.5 Å². The third kappa shape index (κ3) is 4.37. The third-order valence-corrected chi connectivity index (χ3v) is 3.09. The number of amides is 1. The highest BCUT2D eigenvalue weighted by Gasteiger charge is 2.08. The maximum Gasteiger partial charge on any atom is 0.232 e. The van der Waals surface area contributed by atoms with E-state index in [1.54, 1.807) is 11.9 Å². The lowest BCUT2D eigenvalue weighted by Gasteiger charge is -2.14. The molecule has 1 aromatic rings. The third-order valence-electron chi connectivity index (χ3n) is 2.09. The molecule has 3 nitrogen and oxygen atoms in total. The molecule has 0 radical (unpaired) electrons. The van der Waals surface area contributed by atoms with E-state index in [0.29, 0.717) is 18.7 Å². The van der Waals surface area contributed by atoms with Gasteiger partial charge in [0.2, 0.25) is 5.91 Å². The van der Waals surface area contributed by atoms with Crippen molar-refractivity contribution in [1.29, 1.82) is 5.26 Å². The van der Waals surface area contributed by atoms with Crippen LogP contribution in [0.25, 0.3) is 0 Å². The number of carbonyl (C=O) groups is 1. The van der Waals surface area contributed by atoms with Crippen molar-refractivity contribution < 1.29 is 4.79 Å². The normalized spacial score (nSPS) is 9.50. The molecule has 16 heavy (non-hydrogen) atoms. The van der Waals surface area contributed by atoms with E-state index in [9.17, 15) is 4.79 Å². The van der Waals surface area contributed by atoms with E-state index in [2.05, 4.69) is 0 Å². The zero-order valence-electron chi connectivity index (χ0n) is 9.22. The quantitative estimate of drug-likeness (QED) is 0.733. The number of nitrogens with zero attached hydrogens (tertiary/aromatic N) is 2. The highest BCUT2D eigenvalue weighted by atomic mass is 32.2. The van der Waals surface area contributed by atoms with Gasteiger partial charge in [-0.1, -0.05) is 18.2 Å². The van der Waals surface area contributed by atoms with Crippen molar-refractivity contribution in [2.75, 3.05) is 19.3 Å². The van der Waals surface area contributed by atoms with Crippen molar-refractivity contribution >= 4 is 17.7 Å². The predicted octanol–water partition coefficient (Wildman–Crippen LogP) is 2.15. The van der Waals surface area contributed by atoms with E-state index in [-0.39, 0.29) is 5.91 Å². The monoisotopic (exact) mass is 234 g/mol. The molecular formula is C12H14N2OS. The lowest BCUT2D eigenvalue weighted by molar-refractivity contribution is -0.127. The maximum atomic E-state index is 11.6. The Morgan fingerprint density at radius 3 is 2.75 bits per heavy atom. The van der Waals surface area contributed by atoms with E-state index in [4.69, 9.17) is 5.26 Å². The van der Waals surface area contributed by atoms with Gasteiger partial charge in [0.25, 0.3) is 0 Å². The molecule has 1 aromatic carbocycles. The van der Waals surface area contributed by atoms with Gasteiger partial charge in [-0.3, -0.25) is 4.79 Å². The zero-order chi connectivity index (χ0) is 11.8. The Hall–Kier alpha value is -1.47. The highest BCUT2D eigenvalue weighted by molar-refractivity contribution is 8.00. The molecule has 0 fully saturated rings. The van der Waals surface area contributed by atoms with Gasteiger partial charge >= 0.3 is 0 Å². The molecule has 4 heteroatoms. The van der Waals surface area contributed by atoms with Crippen LogP contribution in [0.3, 0.4) is 0 Å². The fraction of sp³-hybridized carbons (Fsp3) is 0.333. The summed E-state index contributed by atoms with van der Waals surface area (Å²) in [6.07, 6.45) is 0.387. The first kappa shape index (κ1) is 12.6. The van der Waals surface area contributed by atoms with E-state index >= 15 is 0 Å². The second-order valence-corrected chi connectivity index (χ2v) is 4.37. The molecule has 0 atom stereocenters. The van der Waals surface area contributed by atoms with Crippen LogP contribution >= 0.6 is 11.8 Å². The number of thioether (sulfide) groups is 1. The van der Waals surface area contributed by atoms with Gasteiger partial charge in [-0.05, 0) is 12.1 Å². The topological polar surface area (TPSA) is 44.1 Å². The second kappa shape index (κ2) is 6.91. The Balaban J connectivity index is 2.33. The molecule has 0 aliphatic heterocycles. The number of hydrogen-bond acceptors (Lipinski definition) is 3. The average Bonchev–Trinajstić information content (AvgIpc) is 2.34. The van der Waals surface area contributed by atoms with Crippen molar-refractivity contribution in [3.63, 3.8) is 0 Å². The SMILES string of the molecule is CN(CCC#N)C(=O)CSc1ccccc1. The van der Waals surface area contributed by atoms with Gasteiger partial charge in [0.15, 0.2) is 0 Å². The molecule has 0 aliphatic carbocycles. The van der Waals surface area contributed by atoms with E-state index in [0.717, 1.165) is 4.90 Å². The van der Waals surface area contributed by atoms with Crippen LogP contribution in [0.15, 0.2) is 35.2 Å². The zero-order valence-corrected chi connectivity index (χ0v) is 10.0. The minimum Gasteiger partial charge on any atom is -0.344 e. The van der Waals surface area contributed by atoms with Crippen LogP contribution in [0.4, 0.5) is 0 Å². The molecule has 0 aromatic heterocycles. The van der Waals surface area contributed by atoms with Gasteiger partial charge in [0.05, 0.1) is 18.2 Å². The lowest BCUT2D eigenvalue weighted by atomic mass is 10.4. The Labute approximate surface area is 100 Å². The Kier molecular flexibility index (Phi) is 5.44. The van der Waals surface area contributed by atoms with Gasteiger partial charge in [-0.2, -0.15) is 5.26 Å². The number of carbonyl (C=O) groups excluding carboxylic acids is 1. The summed E-state index contributed by atoms with van der Waals surface area (Å²) in [5.74, 6) is 0.482. The molecule has 0 saturated carbocycles. The van der Waals surface area contributed by atoms with Crippen LogP contribution < -0.4 is 0 Å². The molecule has 0 saturated heterocycles. The summed E-state index contributed by atoms with van der Waals surface area (Å²) in [6.45, 7) is 0.505. The molecule has 1 rings (SSSR count). The Morgan fingerprint density at radius 2 is 2.12 bits per heavy atom. The average molecular weight is 234 g/mol. The highest BCUT2D eigenvalue weighted by Crippen LogP contribution is 2.16. The number of rotatable bonds is 5. The summed E-state index contributed by atoms with van der Waals surface area (Å²) in [5.41, 5.74) is 0. The Morgan fingerprint density at radius 1 is 1.44 bits per heavy atom. The second-order valence-electron chi connectivity index (χ2n) is 3.33. The summed E-state index contributed by atoms with van der Waals surface area (Å²) < 4.78 is 0. The smallest absolute Gasteiger partial charge is 0.232 e. The number of nitriles is 1. The van der Waals surface area contributed by atoms with E-state index in [1.807, 2.05) is 36.4 Å². The molecule has 0 N–H and O–H groups in total. The van der Waals surface area contributed by atoms with Crippen molar-refractivity contribution in [2.24, 2.45) is 0 Å². The molecule has 0 spiro atoms. The fourth-order valence-corrected chi connectivity index (χ4v) is 1.97. The van der Waals surface area contributed by atoms with Gasteiger partial charge < -0.3 is 4.90 Å². The first-order valence-corrected chi connectivity index (χ1v) is 6.01. The number of hydrogen-bond donors (Lipinski definition) is 0. The molecular weight excluding hydrogens is 220 g/mol. The molecule has 0 bridgehead atoms. The largest absolute Gasteiger partial charge is 0.344 e. The van der Waals surface area contributed by atoms with Crippen LogP contribution in [0.1, 0.15) is 6.42 Å². The Bertz CT molecular complexity index is 372. The van der Waals surface area contributed by atoms with Crippen LogP contribution in [-0.4, -0.2) is 30.2 Å². The predicted molar refractivity (Wildman–Crippen MR) is 65.0 cm³/mol. The molecule has 1 amide bonds. The summed E-state index contributed by atoms with van der Waals surface area (Å²) in [4.78, 5) is 14.3. The van der Waals surface area contributed by atoms with Crippen molar-refractivity contribution in [3.8, 4) is 6.07 Å². The molecule has 84 valence electrons. The summed E-state index contributed by atoms with van der Waals surface area (Å²) in [5, 5.41) is 8.41. The summed E-state index contributed by atoms with van der Waals surface area (Å²) in [7, 11) is 1.73. The first-order valence-electron chi connectivity index (χ1n) is 5.03. The minimum absolute atomic E-state index is 0.0594. The fourth-order valence-electron chi connectivity index (χ4n) is 1.11. The first-order chi connectivity index (χ1) is 7.74. The van der Waals surface area contributed by atoms with Crippen molar-refractivity contribution in [2.45, 2.75) is 11.3 Å². The van der Waals surface area contributed by atoms with E-state index in [1.165, 1.54) is 11.8 Å². The van der Waals surface area contributed by atoms with Crippen LogP contribution in [0.5, 0.6) is 0 Å². The van der Waals surface area contributed by atoms with Crippen LogP contribution in [-0.2, 0) is 4.79 Å². The summed E-state index contributed by atoms with van der Waals surface area (Å²) in [6, 6.07) is 11.8. The molecule has 0 aliphatic rings. The minimum atomic E-state index is 0.0594. The van der Waals surface area contributed by atoms with Crippen molar-refractivity contribution in [3.05, 3.63) is 30.3 Å². The van der Waals surface area contributed by atoms with Gasteiger partial charge in [-0.25, -0.2) is 0 Å². The van der Waals surface area contributed by atoms with Gasteiger partial charge in [-0.15, -0.1) is 11.8 Å². The van der Waals surface area contributed by atoms with Crippen molar-refractivity contribution in [1.82, 2.24) is 4.90 Å². The standard InChI is InChI=1S/C12H14N2OS/c1-14(9-5-8-13)12(15)10-16-11-6-3-2-4-7-11/h2-4,6-7H,5,9-10H2,1H3. The lowest BCUT2D eigenvalue weighted by Crippen LogP contribution is -2.29. The van der Waals surface area contributed by atoms with E-state index < -0.39 is 0 Å². The molecule has 0 heterocycles. The van der Waals surface area contributed by atoms with Crippen LogP contribution in [0, 0.1) is 11.3 Å². The molecule has 0 unspecified atom stereocenters. The number of benzene rings is 1.